The van der Waals surface area contributed by atoms with Crippen LogP contribution < -0.4 is 14.4 Å². The van der Waals surface area contributed by atoms with Gasteiger partial charge in [0.25, 0.3) is 10.0 Å². The number of amides is 2. The smallest absolute Gasteiger partial charge is 0.264 e. The molecule has 0 saturated heterocycles. The van der Waals surface area contributed by atoms with E-state index < -0.39 is 28.5 Å². The number of sulfonamides is 1. The lowest BCUT2D eigenvalue weighted by atomic mass is 10.0. The average molecular weight is 662 g/mol. The number of halogens is 1. The van der Waals surface area contributed by atoms with Gasteiger partial charge in [-0.3, -0.25) is 13.9 Å². The zero-order valence-corrected chi connectivity index (χ0v) is 27.9. The Labute approximate surface area is 277 Å². The van der Waals surface area contributed by atoms with Crippen molar-refractivity contribution in [2.75, 3.05) is 24.5 Å². The molecule has 10 heteroatoms. The van der Waals surface area contributed by atoms with Gasteiger partial charge < -0.3 is 15.0 Å². The van der Waals surface area contributed by atoms with Crippen LogP contribution in [-0.4, -0.2) is 51.4 Å². The molecule has 0 fully saturated rings. The lowest BCUT2D eigenvalue weighted by Crippen LogP contribution is -2.53. The first-order chi connectivity index (χ1) is 22.1. The first-order valence-corrected chi connectivity index (χ1v) is 17.0. The first-order valence-electron chi connectivity index (χ1n) is 15.2. The fourth-order valence-electron chi connectivity index (χ4n) is 5.07. The number of unbranched alkanes of at least 4 members (excludes halogenated alkanes) is 1. The number of nitrogens with one attached hydrogen (secondary N) is 1. The Hall–Kier alpha value is -4.34. The molecule has 4 aromatic carbocycles. The third-order valence-electron chi connectivity index (χ3n) is 7.56. The SMILES string of the molecule is CCCCNC(=O)C(Cc1ccccc1)N(Cc1cccc(OC)c1)C(=O)CN(c1cccc(C)c1)S(=O)(=O)c1ccc(Cl)cc1. The largest absolute Gasteiger partial charge is 0.497 e. The third kappa shape index (κ3) is 9.11. The van der Waals surface area contributed by atoms with Crippen LogP contribution in [0.5, 0.6) is 5.75 Å². The zero-order valence-electron chi connectivity index (χ0n) is 26.4. The molecule has 1 atom stereocenters. The minimum Gasteiger partial charge on any atom is -0.497 e. The lowest BCUT2D eigenvalue weighted by molar-refractivity contribution is -0.140. The predicted octanol–water partition coefficient (Wildman–Crippen LogP) is 6.41. The minimum absolute atomic E-state index is 0.0105. The van der Waals surface area contributed by atoms with Gasteiger partial charge in [-0.2, -0.15) is 0 Å². The lowest BCUT2D eigenvalue weighted by Gasteiger charge is -2.34. The summed E-state index contributed by atoms with van der Waals surface area (Å²) in [5.41, 5.74) is 2.75. The van der Waals surface area contributed by atoms with Gasteiger partial charge in [-0.25, -0.2) is 8.42 Å². The van der Waals surface area contributed by atoms with E-state index >= 15 is 0 Å². The minimum atomic E-state index is -4.22. The normalized spacial score (nSPS) is 11.8. The van der Waals surface area contributed by atoms with Gasteiger partial charge in [0.2, 0.25) is 11.8 Å². The van der Waals surface area contributed by atoms with Gasteiger partial charge in [-0.1, -0.05) is 79.5 Å². The van der Waals surface area contributed by atoms with Crippen LogP contribution in [0.3, 0.4) is 0 Å². The van der Waals surface area contributed by atoms with Gasteiger partial charge in [0.1, 0.15) is 18.3 Å². The summed E-state index contributed by atoms with van der Waals surface area (Å²) in [6, 6.07) is 28.6. The molecule has 0 aliphatic heterocycles. The predicted molar refractivity (Wildman–Crippen MR) is 183 cm³/mol. The first kappa shape index (κ1) is 34.5. The van der Waals surface area contributed by atoms with Crippen molar-refractivity contribution in [1.29, 1.82) is 0 Å². The van der Waals surface area contributed by atoms with E-state index in [-0.39, 0.29) is 23.8 Å². The topological polar surface area (TPSA) is 96.0 Å². The van der Waals surface area contributed by atoms with Gasteiger partial charge in [0, 0.05) is 24.5 Å². The number of anilines is 1. The van der Waals surface area contributed by atoms with E-state index in [2.05, 4.69) is 5.32 Å². The van der Waals surface area contributed by atoms with Crippen molar-refractivity contribution >= 4 is 39.1 Å². The van der Waals surface area contributed by atoms with E-state index in [1.165, 1.54) is 29.2 Å². The highest BCUT2D eigenvalue weighted by molar-refractivity contribution is 7.92. The van der Waals surface area contributed by atoms with Crippen LogP contribution in [-0.2, 0) is 32.6 Å². The van der Waals surface area contributed by atoms with E-state index in [0.29, 0.717) is 23.0 Å². The van der Waals surface area contributed by atoms with Crippen molar-refractivity contribution in [3.05, 3.63) is 125 Å². The number of ether oxygens (including phenoxy) is 1. The van der Waals surface area contributed by atoms with Gasteiger partial charge >= 0.3 is 0 Å². The Balaban J connectivity index is 1.80. The molecule has 0 saturated carbocycles. The Morgan fingerprint density at radius 3 is 2.26 bits per heavy atom. The van der Waals surface area contributed by atoms with Crippen LogP contribution >= 0.6 is 11.6 Å². The molecule has 1 unspecified atom stereocenters. The quantitative estimate of drug-likeness (QED) is 0.149. The van der Waals surface area contributed by atoms with E-state index in [0.717, 1.165) is 33.8 Å². The van der Waals surface area contributed by atoms with Crippen LogP contribution in [0.2, 0.25) is 5.02 Å². The summed E-state index contributed by atoms with van der Waals surface area (Å²) in [5, 5.41) is 3.39. The van der Waals surface area contributed by atoms with Gasteiger partial charge in [0.05, 0.1) is 17.7 Å². The van der Waals surface area contributed by atoms with E-state index in [4.69, 9.17) is 16.3 Å². The van der Waals surface area contributed by atoms with E-state index in [1.54, 1.807) is 37.4 Å². The molecule has 0 spiro atoms. The van der Waals surface area contributed by atoms with Crippen molar-refractivity contribution in [1.82, 2.24) is 10.2 Å². The van der Waals surface area contributed by atoms with Crippen LogP contribution in [0, 0.1) is 6.92 Å². The Morgan fingerprint density at radius 2 is 1.59 bits per heavy atom. The van der Waals surface area contributed by atoms with Crippen LogP contribution in [0.1, 0.15) is 36.5 Å². The number of rotatable bonds is 15. The summed E-state index contributed by atoms with van der Waals surface area (Å²) in [6.45, 7) is 3.86. The summed E-state index contributed by atoms with van der Waals surface area (Å²) in [5.74, 6) is -0.242. The van der Waals surface area contributed by atoms with Crippen molar-refractivity contribution in [2.45, 2.75) is 50.6 Å². The second-order valence-corrected chi connectivity index (χ2v) is 13.3. The molecule has 4 rings (SSSR count). The van der Waals surface area contributed by atoms with E-state index in [1.807, 2.05) is 62.4 Å². The molecule has 1 N–H and O–H groups in total. The van der Waals surface area contributed by atoms with Gasteiger partial charge in [-0.05, 0) is 78.6 Å². The molecule has 46 heavy (non-hydrogen) atoms. The summed E-state index contributed by atoms with van der Waals surface area (Å²) in [4.78, 5) is 29.9. The average Bonchev–Trinajstić information content (AvgIpc) is 3.05. The summed E-state index contributed by atoms with van der Waals surface area (Å²) in [7, 11) is -2.66. The van der Waals surface area contributed by atoms with Crippen LogP contribution in [0.25, 0.3) is 0 Å². The number of carbonyl (C=O) groups is 2. The number of methoxy groups -OCH3 is 1. The molecular formula is C36H40ClN3O5S. The van der Waals surface area contributed by atoms with Crippen molar-refractivity contribution < 1.29 is 22.7 Å². The Kier molecular flexibility index (Phi) is 12.2. The molecule has 242 valence electrons. The van der Waals surface area contributed by atoms with E-state index in [9.17, 15) is 18.0 Å². The molecule has 8 nitrogen and oxygen atoms in total. The fraction of sp³-hybridized carbons (Fsp3) is 0.278. The number of carbonyl (C=O) groups excluding carboxylic acids is 2. The molecule has 0 bridgehead atoms. The molecule has 0 aliphatic rings. The number of hydrogen-bond donors (Lipinski definition) is 1. The molecular weight excluding hydrogens is 622 g/mol. The van der Waals surface area contributed by atoms with Crippen molar-refractivity contribution in [3.8, 4) is 5.75 Å². The standard InChI is InChI=1S/C36H40ClN3O5S/c1-4-5-21-38-36(42)34(24-28-12-7-6-8-13-28)39(25-29-14-10-16-32(23-29)45-3)35(41)26-40(31-15-9-11-27(2)22-31)46(43,44)33-19-17-30(37)18-20-33/h6-20,22-23,34H,4-5,21,24-26H2,1-3H3,(H,38,42). The van der Waals surface area contributed by atoms with Crippen molar-refractivity contribution in [3.63, 3.8) is 0 Å². The number of aryl methyl sites for hydroxylation is 1. The van der Waals surface area contributed by atoms with Gasteiger partial charge in [-0.15, -0.1) is 0 Å². The molecule has 2 amide bonds. The Morgan fingerprint density at radius 1 is 0.891 bits per heavy atom. The number of hydrogen-bond acceptors (Lipinski definition) is 5. The highest BCUT2D eigenvalue weighted by Gasteiger charge is 2.34. The molecule has 0 aliphatic carbocycles. The summed E-state index contributed by atoms with van der Waals surface area (Å²) in [6.07, 6.45) is 1.92. The third-order valence-corrected chi connectivity index (χ3v) is 9.60. The maximum atomic E-state index is 14.6. The maximum Gasteiger partial charge on any atom is 0.264 e. The highest BCUT2D eigenvalue weighted by atomic mass is 35.5. The fourth-order valence-corrected chi connectivity index (χ4v) is 6.61. The van der Waals surface area contributed by atoms with Gasteiger partial charge in [0.15, 0.2) is 0 Å². The molecule has 0 aromatic heterocycles. The number of benzene rings is 4. The highest BCUT2D eigenvalue weighted by Crippen LogP contribution is 2.27. The number of nitrogens with zero attached hydrogens (tertiary/aromatic N) is 2. The second-order valence-electron chi connectivity index (χ2n) is 11.0. The molecule has 0 heterocycles. The second kappa shape index (κ2) is 16.3. The summed E-state index contributed by atoms with van der Waals surface area (Å²) >= 11 is 6.06. The van der Waals surface area contributed by atoms with Crippen molar-refractivity contribution in [2.24, 2.45) is 0 Å². The Bertz CT molecular complexity index is 1720. The van der Waals surface area contributed by atoms with Crippen LogP contribution in [0.4, 0.5) is 5.69 Å². The zero-order chi connectivity index (χ0) is 33.1. The summed E-state index contributed by atoms with van der Waals surface area (Å²) < 4.78 is 34.8. The maximum absolute atomic E-state index is 14.6. The monoisotopic (exact) mass is 661 g/mol. The molecule has 4 aromatic rings. The molecule has 0 radical (unpaired) electrons. The van der Waals surface area contributed by atoms with Crippen LogP contribution in [0.15, 0.2) is 108 Å².